The molecule has 2 aromatic heterocycles. The van der Waals surface area contributed by atoms with Gasteiger partial charge in [-0.25, -0.2) is 9.18 Å². The molecular formula is C33H31FN4O3. The van der Waals surface area contributed by atoms with E-state index in [0.717, 1.165) is 27.7 Å². The van der Waals surface area contributed by atoms with Crippen molar-refractivity contribution < 1.29 is 18.7 Å². The van der Waals surface area contributed by atoms with Crippen molar-refractivity contribution >= 4 is 33.6 Å². The highest BCUT2D eigenvalue weighted by molar-refractivity contribution is 6.13. The Kier molecular flexibility index (Phi) is 6.78. The predicted octanol–water partition coefficient (Wildman–Crippen LogP) is 7.52. The standard InChI is InChI=1S/C33H31FN4O3/c1-32(2,3)30(39)28-23-18-26-24(17-25(23)36-37-28)27(19-7-9-20(10-8-19)31(40)41-6)29(33(4,5)15-16-35)38(26)22-13-11-21(34)12-14-22/h7-14,17-18H,15H2,1-6H3,(H,36,37). The Bertz CT molecular complexity index is 1850. The molecule has 8 heteroatoms. The molecule has 0 radical (unpaired) electrons. The molecule has 41 heavy (non-hydrogen) atoms. The van der Waals surface area contributed by atoms with Crippen LogP contribution < -0.4 is 0 Å². The highest BCUT2D eigenvalue weighted by Crippen LogP contribution is 2.45. The molecule has 0 aliphatic heterocycles. The largest absolute Gasteiger partial charge is 0.465 e. The number of fused-ring (bicyclic) bond motifs is 2. The number of carbonyl (C=O) groups excluding carboxylic acids is 2. The lowest BCUT2D eigenvalue weighted by molar-refractivity contribution is 0.0600. The number of nitrogens with one attached hydrogen (secondary N) is 1. The van der Waals surface area contributed by atoms with Crippen LogP contribution in [0.5, 0.6) is 0 Å². The van der Waals surface area contributed by atoms with Crippen LogP contribution in [0.2, 0.25) is 0 Å². The summed E-state index contributed by atoms with van der Waals surface area (Å²) in [6.07, 6.45) is 0.213. The number of hydrogen-bond acceptors (Lipinski definition) is 5. The van der Waals surface area contributed by atoms with Gasteiger partial charge in [0.15, 0.2) is 5.78 Å². The number of ether oxygens (including phenoxy) is 1. The number of nitriles is 1. The Morgan fingerprint density at radius 3 is 2.24 bits per heavy atom. The molecule has 0 unspecified atom stereocenters. The van der Waals surface area contributed by atoms with Crippen molar-refractivity contribution in [3.8, 4) is 22.9 Å². The van der Waals surface area contributed by atoms with Gasteiger partial charge in [-0.05, 0) is 54.1 Å². The zero-order chi connectivity index (χ0) is 29.7. The molecule has 0 aliphatic rings. The van der Waals surface area contributed by atoms with E-state index in [1.54, 1.807) is 24.3 Å². The first kappa shape index (κ1) is 27.8. The van der Waals surface area contributed by atoms with Crippen LogP contribution in [0, 0.1) is 22.6 Å². The number of aromatic nitrogens is 3. The van der Waals surface area contributed by atoms with E-state index >= 15 is 0 Å². The van der Waals surface area contributed by atoms with Crippen molar-refractivity contribution in [1.29, 1.82) is 5.26 Å². The number of rotatable bonds is 6. The number of carbonyl (C=O) groups is 2. The van der Waals surface area contributed by atoms with Gasteiger partial charge >= 0.3 is 5.97 Å². The maximum atomic E-state index is 14.1. The Labute approximate surface area is 237 Å². The van der Waals surface area contributed by atoms with Crippen molar-refractivity contribution in [2.24, 2.45) is 5.41 Å². The van der Waals surface area contributed by atoms with Gasteiger partial charge in [0, 0.05) is 45.0 Å². The normalized spacial score (nSPS) is 12.0. The molecule has 0 bridgehead atoms. The van der Waals surface area contributed by atoms with Gasteiger partial charge in [-0.3, -0.25) is 9.89 Å². The molecule has 0 saturated heterocycles. The molecule has 5 rings (SSSR count). The zero-order valence-electron chi connectivity index (χ0n) is 23.9. The highest BCUT2D eigenvalue weighted by Gasteiger charge is 2.33. The third-order valence-corrected chi connectivity index (χ3v) is 7.39. The summed E-state index contributed by atoms with van der Waals surface area (Å²) in [5.41, 5.74) is 4.20. The van der Waals surface area contributed by atoms with E-state index in [1.807, 2.05) is 63.5 Å². The number of Topliss-reactive ketones (excluding diaryl/α,β-unsaturated/α-hetero) is 1. The van der Waals surface area contributed by atoms with Crippen LogP contribution in [-0.4, -0.2) is 33.6 Å². The van der Waals surface area contributed by atoms with Crippen LogP contribution >= 0.6 is 0 Å². The third kappa shape index (κ3) is 4.78. The maximum absolute atomic E-state index is 14.1. The summed E-state index contributed by atoms with van der Waals surface area (Å²) < 4.78 is 21.0. The average Bonchev–Trinajstić information content (AvgIpc) is 3.50. The Morgan fingerprint density at radius 2 is 1.66 bits per heavy atom. The lowest BCUT2D eigenvalue weighted by Gasteiger charge is -2.26. The fourth-order valence-corrected chi connectivity index (χ4v) is 5.29. The summed E-state index contributed by atoms with van der Waals surface area (Å²) in [5.74, 6) is -0.894. The summed E-state index contributed by atoms with van der Waals surface area (Å²) in [6, 6.07) is 19.6. The SMILES string of the molecule is COC(=O)c1ccc(-c2c(C(C)(C)CC#N)n(-c3ccc(F)cc3)c3cc4c(C(=O)C(C)(C)C)n[nH]c4cc23)cc1. The summed E-state index contributed by atoms with van der Waals surface area (Å²) >= 11 is 0. The van der Waals surface area contributed by atoms with E-state index < -0.39 is 16.8 Å². The molecule has 0 fully saturated rings. The van der Waals surface area contributed by atoms with Gasteiger partial charge in [-0.2, -0.15) is 10.4 Å². The monoisotopic (exact) mass is 550 g/mol. The number of ketones is 1. The molecule has 0 aliphatic carbocycles. The lowest BCUT2D eigenvalue weighted by atomic mass is 9.81. The third-order valence-electron chi connectivity index (χ3n) is 7.39. The number of H-pyrrole nitrogens is 1. The molecule has 0 amide bonds. The van der Waals surface area contributed by atoms with Gasteiger partial charge < -0.3 is 9.30 Å². The highest BCUT2D eigenvalue weighted by atomic mass is 19.1. The van der Waals surface area contributed by atoms with E-state index in [4.69, 9.17) is 4.74 Å². The number of esters is 1. The number of aromatic amines is 1. The number of methoxy groups -OCH3 is 1. The molecule has 2 heterocycles. The molecule has 7 nitrogen and oxygen atoms in total. The van der Waals surface area contributed by atoms with E-state index in [0.29, 0.717) is 27.8 Å². The van der Waals surface area contributed by atoms with E-state index in [-0.39, 0.29) is 18.0 Å². The zero-order valence-corrected chi connectivity index (χ0v) is 23.9. The Balaban J connectivity index is 1.93. The Morgan fingerprint density at radius 1 is 1.00 bits per heavy atom. The fraction of sp³-hybridized carbons (Fsp3) is 0.273. The minimum absolute atomic E-state index is 0.0911. The van der Waals surface area contributed by atoms with Crippen LogP contribution in [0.3, 0.4) is 0 Å². The van der Waals surface area contributed by atoms with Crippen molar-refractivity contribution in [2.75, 3.05) is 7.11 Å². The van der Waals surface area contributed by atoms with Gasteiger partial charge in [0.2, 0.25) is 0 Å². The summed E-state index contributed by atoms with van der Waals surface area (Å²) in [6.45, 7) is 9.56. The van der Waals surface area contributed by atoms with E-state index in [1.165, 1.54) is 19.2 Å². The number of nitrogens with zero attached hydrogens (tertiary/aromatic N) is 3. The average molecular weight is 551 g/mol. The van der Waals surface area contributed by atoms with Gasteiger partial charge in [0.1, 0.15) is 11.5 Å². The Hall–Kier alpha value is -4.77. The molecule has 0 saturated carbocycles. The van der Waals surface area contributed by atoms with Crippen LogP contribution in [0.15, 0.2) is 60.7 Å². The predicted molar refractivity (Wildman–Crippen MR) is 157 cm³/mol. The van der Waals surface area contributed by atoms with E-state index in [9.17, 15) is 19.2 Å². The van der Waals surface area contributed by atoms with Crippen molar-refractivity contribution in [3.63, 3.8) is 0 Å². The van der Waals surface area contributed by atoms with Crippen LogP contribution in [-0.2, 0) is 10.2 Å². The summed E-state index contributed by atoms with van der Waals surface area (Å²) in [4.78, 5) is 25.5. The molecule has 5 aromatic rings. The molecule has 208 valence electrons. The van der Waals surface area contributed by atoms with Crippen LogP contribution in [0.1, 0.15) is 67.6 Å². The molecule has 3 aromatic carbocycles. The van der Waals surface area contributed by atoms with Gasteiger partial charge in [-0.1, -0.05) is 46.8 Å². The first-order valence-corrected chi connectivity index (χ1v) is 13.3. The second-order valence-corrected chi connectivity index (χ2v) is 11.9. The second kappa shape index (κ2) is 10.0. The lowest BCUT2D eigenvalue weighted by Crippen LogP contribution is -2.22. The smallest absolute Gasteiger partial charge is 0.337 e. The van der Waals surface area contributed by atoms with Gasteiger partial charge in [-0.15, -0.1) is 0 Å². The molecular weight excluding hydrogens is 519 g/mol. The second-order valence-electron chi connectivity index (χ2n) is 11.9. The number of halogens is 1. The van der Waals surface area contributed by atoms with Crippen LogP contribution in [0.25, 0.3) is 38.6 Å². The molecule has 1 N–H and O–H groups in total. The summed E-state index contributed by atoms with van der Waals surface area (Å²) in [7, 11) is 1.34. The van der Waals surface area contributed by atoms with Crippen molar-refractivity contribution in [2.45, 2.75) is 46.5 Å². The van der Waals surface area contributed by atoms with Gasteiger partial charge in [0.05, 0.1) is 29.8 Å². The first-order valence-electron chi connectivity index (χ1n) is 13.3. The fourth-order valence-electron chi connectivity index (χ4n) is 5.29. The number of hydrogen-bond donors (Lipinski definition) is 1. The summed E-state index contributed by atoms with van der Waals surface area (Å²) in [5, 5.41) is 18.8. The number of benzene rings is 3. The van der Waals surface area contributed by atoms with Crippen molar-refractivity contribution in [1.82, 2.24) is 14.8 Å². The maximum Gasteiger partial charge on any atom is 0.337 e. The van der Waals surface area contributed by atoms with Gasteiger partial charge in [0.25, 0.3) is 0 Å². The topological polar surface area (TPSA) is 101 Å². The first-order chi connectivity index (χ1) is 19.4. The minimum Gasteiger partial charge on any atom is -0.465 e. The van der Waals surface area contributed by atoms with E-state index in [2.05, 4.69) is 16.3 Å². The van der Waals surface area contributed by atoms with Crippen LogP contribution in [0.4, 0.5) is 4.39 Å². The molecule has 0 atom stereocenters. The molecule has 0 spiro atoms. The quantitative estimate of drug-likeness (QED) is 0.174. The van der Waals surface area contributed by atoms with Crippen molar-refractivity contribution in [3.05, 3.63) is 83.4 Å². The minimum atomic E-state index is -0.644.